The average molecular weight is 893 g/mol. The van der Waals surface area contributed by atoms with E-state index < -0.39 is 29.7 Å². The van der Waals surface area contributed by atoms with E-state index >= 15 is 0 Å². The number of carbonyl (C=O) groups excluding carboxylic acids is 4. The van der Waals surface area contributed by atoms with Crippen LogP contribution in [0, 0.1) is 11.3 Å². The maximum Gasteiger partial charge on any atom is 0.407 e. The van der Waals surface area contributed by atoms with Crippen molar-refractivity contribution in [3.05, 3.63) is 108 Å². The summed E-state index contributed by atoms with van der Waals surface area (Å²) in [6.07, 6.45) is 0.871. The lowest BCUT2D eigenvalue weighted by atomic mass is 9.85. The predicted molar refractivity (Wildman–Crippen MR) is 252 cm³/mol. The number of nitrogens with zero attached hydrogens (tertiary/aromatic N) is 4. The van der Waals surface area contributed by atoms with Crippen molar-refractivity contribution in [3.8, 4) is 11.1 Å². The summed E-state index contributed by atoms with van der Waals surface area (Å²) in [6.45, 7) is 8.76. The first kappa shape index (κ1) is 44.2. The molecule has 2 aromatic heterocycles. The maximum atomic E-state index is 14.4. The van der Waals surface area contributed by atoms with Crippen LogP contribution < -0.4 is 10.6 Å². The van der Waals surface area contributed by atoms with Gasteiger partial charge in [0.25, 0.3) is 5.91 Å². The van der Waals surface area contributed by atoms with Gasteiger partial charge in [0.05, 0.1) is 55.0 Å². The molecule has 4 N–H and O–H groups in total. The minimum absolute atomic E-state index is 0.0358. The largest absolute Gasteiger partial charge is 0.453 e. The van der Waals surface area contributed by atoms with Crippen LogP contribution in [0.2, 0.25) is 0 Å². The predicted octanol–water partition coefficient (Wildman–Crippen LogP) is 8.87. The number of nitrogens with one attached hydrogen (secondary N) is 4. The number of ether oxygens (including phenoxy) is 3. The van der Waals surface area contributed by atoms with E-state index in [1.165, 1.54) is 14.2 Å². The number of aromatic nitrogens is 4. The Hall–Kier alpha value is -7.00. The van der Waals surface area contributed by atoms with Crippen LogP contribution in [-0.4, -0.2) is 100 Å². The van der Waals surface area contributed by atoms with Crippen molar-refractivity contribution in [1.82, 2.24) is 40.4 Å². The molecule has 2 fully saturated rings. The number of aromatic amines is 2. The zero-order chi connectivity index (χ0) is 46.4. The van der Waals surface area contributed by atoms with Gasteiger partial charge in [-0.25, -0.2) is 19.6 Å². The van der Waals surface area contributed by atoms with Crippen LogP contribution in [0.25, 0.3) is 54.7 Å². The molecule has 15 heteroatoms. The molecular formula is C51H56N8O7. The minimum atomic E-state index is -0.945. The molecule has 4 amide bonds. The molecule has 5 aromatic carbocycles. The zero-order valence-electron chi connectivity index (χ0n) is 38.3. The quantitative estimate of drug-likeness (QED) is 0.104. The third kappa shape index (κ3) is 8.27. The Morgan fingerprint density at radius 3 is 1.86 bits per heavy atom. The summed E-state index contributed by atoms with van der Waals surface area (Å²) < 4.78 is 15.3. The summed E-state index contributed by atoms with van der Waals surface area (Å²) in [5, 5.41) is 9.64. The van der Waals surface area contributed by atoms with Crippen molar-refractivity contribution in [3.63, 3.8) is 0 Å². The van der Waals surface area contributed by atoms with Crippen molar-refractivity contribution in [2.24, 2.45) is 11.3 Å². The topological polar surface area (TPSA) is 184 Å². The van der Waals surface area contributed by atoms with Crippen LogP contribution in [0.15, 0.2) is 91.0 Å². The molecule has 2 aliphatic rings. The highest BCUT2D eigenvalue weighted by atomic mass is 16.5. The van der Waals surface area contributed by atoms with E-state index in [9.17, 15) is 19.2 Å². The van der Waals surface area contributed by atoms with Crippen LogP contribution in [0.3, 0.4) is 0 Å². The molecule has 0 bridgehead atoms. The van der Waals surface area contributed by atoms with Gasteiger partial charge in [0, 0.05) is 36.4 Å². The van der Waals surface area contributed by atoms with Crippen molar-refractivity contribution in [2.45, 2.75) is 77.2 Å². The third-order valence-corrected chi connectivity index (χ3v) is 13.3. The molecule has 4 heterocycles. The van der Waals surface area contributed by atoms with Crippen LogP contribution in [0.1, 0.15) is 82.3 Å². The number of hydrogen-bond donors (Lipinski definition) is 4. The Labute approximate surface area is 382 Å². The summed E-state index contributed by atoms with van der Waals surface area (Å²) in [5.41, 5.74) is 5.61. The highest BCUT2D eigenvalue weighted by Gasteiger charge is 2.44. The van der Waals surface area contributed by atoms with Crippen LogP contribution in [0.4, 0.5) is 9.59 Å². The van der Waals surface area contributed by atoms with Gasteiger partial charge in [0.15, 0.2) is 0 Å². The van der Waals surface area contributed by atoms with Gasteiger partial charge in [-0.05, 0) is 83.3 Å². The molecule has 7 aromatic rings. The Balaban J connectivity index is 0.995. The lowest BCUT2D eigenvalue weighted by Crippen LogP contribution is -2.55. The van der Waals surface area contributed by atoms with Gasteiger partial charge < -0.3 is 44.6 Å². The smallest absolute Gasteiger partial charge is 0.407 e. The molecule has 0 saturated carbocycles. The first-order valence-electron chi connectivity index (χ1n) is 22.5. The van der Waals surface area contributed by atoms with E-state index in [0.717, 1.165) is 73.4 Å². The second-order valence-corrected chi connectivity index (χ2v) is 18.7. The van der Waals surface area contributed by atoms with Gasteiger partial charge in [0.2, 0.25) is 5.91 Å². The monoisotopic (exact) mass is 892 g/mol. The van der Waals surface area contributed by atoms with Gasteiger partial charge in [-0.2, -0.15) is 0 Å². The van der Waals surface area contributed by atoms with Crippen LogP contribution in [0.5, 0.6) is 0 Å². The van der Waals surface area contributed by atoms with Gasteiger partial charge in [-0.3, -0.25) is 9.59 Å². The number of hydrogen-bond acceptors (Lipinski definition) is 9. The number of likely N-dealkylation sites (tertiary alicyclic amines) is 2. The number of benzene rings is 5. The number of alkyl carbamates (subject to hydrolysis) is 2. The third-order valence-electron chi connectivity index (χ3n) is 13.3. The summed E-state index contributed by atoms with van der Waals surface area (Å²) in [7, 11) is 4.24. The summed E-state index contributed by atoms with van der Waals surface area (Å²) in [6, 6.07) is 27.8. The van der Waals surface area contributed by atoms with Crippen molar-refractivity contribution < 1.29 is 33.4 Å². The number of rotatable bonds is 10. The molecule has 2 aliphatic heterocycles. The zero-order valence-corrected chi connectivity index (χ0v) is 38.3. The number of methoxy groups -OCH3 is 3. The Bertz CT molecular complexity index is 2980. The molecule has 9 rings (SSSR count). The van der Waals surface area contributed by atoms with Crippen molar-refractivity contribution >= 4 is 67.6 Å². The number of fused-ring (bicyclic) bond motifs is 6. The Morgan fingerprint density at radius 2 is 1.30 bits per heavy atom. The molecule has 6 atom stereocenters. The van der Waals surface area contributed by atoms with Gasteiger partial charge in [-0.15, -0.1) is 0 Å². The first-order chi connectivity index (χ1) is 31.8. The van der Waals surface area contributed by atoms with E-state index in [4.69, 9.17) is 24.2 Å². The lowest BCUT2D eigenvalue weighted by Gasteiger charge is -2.36. The van der Waals surface area contributed by atoms with Gasteiger partial charge in [0.1, 0.15) is 23.7 Å². The van der Waals surface area contributed by atoms with Crippen LogP contribution >= 0.6 is 0 Å². The number of H-pyrrole nitrogens is 2. The fourth-order valence-electron chi connectivity index (χ4n) is 9.99. The molecule has 0 radical (unpaired) electrons. The normalized spacial score (nSPS) is 19.7. The molecule has 342 valence electrons. The second-order valence-electron chi connectivity index (χ2n) is 18.7. The van der Waals surface area contributed by atoms with Gasteiger partial charge >= 0.3 is 12.2 Å². The fraction of sp³-hybridized carbons (Fsp3) is 0.373. The van der Waals surface area contributed by atoms with Crippen LogP contribution in [-0.2, 0) is 23.8 Å². The van der Waals surface area contributed by atoms with E-state index in [2.05, 4.69) is 69.1 Å². The molecule has 0 spiro atoms. The number of carbonyl (C=O) groups is 4. The van der Waals surface area contributed by atoms with E-state index in [1.807, 2.05) is 75.1 Å². The molecule has 15 nitrogen and oxygen atoms in total. The van der Waals surface area contributed by atoms with Crippen molar-refractivity contribution in [1.29, 1.82) is 0 Å². The standard InChI is InChI=1S/C51H56N8O7/c1-28-13-22-39(59(28)48(61)44(51(2,3)4)57-50(63)66-7)45-52-37-20-16-33-24-31(14-18-35(33)42(37)54-45)32-15-19-36-34(25-32)17-21-38-43(36)55-46(53-38)40-23-29(27-64-5)26-58(40)47(60)41(56-49(62)65-6)30-11-9-8-10-12-30/h8-12,14-21,24-25,28-29,39-41,44H,13,22-23,26-27H2,1-7H3,(H,52,54)(H,53,55)(H,56,62)(H,57,63)/t28-,29-,39-,40-,41+,44+/m0/s1. The second kappa shape index (κ2) is 17.8. The Kier molecular flexibility index (Phi) is 11.9. The number of amides is 4. The highest BCUT2D eigenvalue weighted by molar-refractivity contribution is 6.07. The molecule has 0 aliphatic carbocycles. The lowest BCUT2D eigenvalue weighted by molar-refractivity contribution is -0.139. The summed E-state index contributed by atoms with van der Waals surface area (Å²) in [5.74, 6) is 1.06. The molecule has 66 heavy (non-hydrogen) atoms. The highest BCUT2D eigenvalue weighted by Crippen LogP contribution is 2.41. The Morgan fingerprint density at radius 1 is 0.727 bits per heavy atom. The van der Waals surface area contributed by atoms with Crippen molar-refractivity contribution in [2.75, 3.05) is 34.5 Å². The fourth-order valence-corrected chi connectivity index (χ4v) is 9.99. The summed E-state index contributed by atoms with van der Waals surface area (Å²) >= 11 is 0. The maximum absolute atomic E-state index is 14.4. The molecule has 2 saturated heterocycles. The van der Waals surface area contributed by atoms with E-state index in [-0.39, 0.29) is 35.9 Å². The molecule has 0 unspecified atom stereocenters. The van der Waals surface area contributed by atoms with Gasteiger partial charge in [-0.1, -0.05) is 87.5 Å². The summed E-state index contributed by atoms with van der Waals surface area (Å²) in [4.78, 5) is 74.3. The molecular weight excluding hydrogens is 837 g/mol. The van der Waals surface area contributed by atoms with E-state index in [1.54, 1.807) is 12.0 Å². The average Bonchev–Trinajstić information content (AvgIpc) is 4.14. The minimum Gasteiger partial charge on any atom is -0.453 e. The number of imidazole rings is 2. The SMILES string of the molecule is COC[C@H]1C[C@@H](c2nc3ccc4cc(-c5ccc6c(ccc7nc([C@@H]8CC[C@H](C)N8C(=O)[C@@H](NC(=O)OC)C(C)(C)C)[nH]c76)c5)ccc4c3[nH]2)N(C(=O)[C@H](NC(=O)OC)c2ccccc2)C1. The van der Waals surface area contributed by atoms with E-state index in [0.29, 0.717) is 31.0 Å². The first-order valence-corrected chi connectivity index (χ1v) is 22.5.